The summed E-state index contributed by atoms with van der Waals surface area (Å²) in [6.07, 6.45) is 2.96. The zero-order chi connectivity index (χ0) is 15.1. The standard InChI is InChI=1S/C18H16N2OS/c1-11-10-19-14-6-7-16-12(8-9-22-16)17(14)18(11)20-13-4-2-3-5-15(13)21/h2-7,10,21H,8-9H2,1H3,(H,19,20). The summed E-state index contributed by atoms with van der Waals surface area (Å²) in [4.78, 5) is 5.92. The largest absolute Gasteiger partial charge is 0.506 e. The number of hydrogen-bond donors (Lipinski definition) is 2. The lowest BCUT2D eigenvalue weighted by molar-refractivity contribution is 0.478. The molecule has 0 atom stereocenters. The Kier molecular flexibility index (Phi) is 3.19. The number of phenolic OH excluding ortho intramolecular Hbond substituents is 1. The van der Waals surface area contributed by atoms with Gasteiger partial charge in [-0.2, -0.15) is 0 Å². The number of para-hydroxylation sites is 2. The fourth-order valence-corrected chi connectivity index (χ4v) is 4.02. The van der Waals surface area contributed by atoms with Gasteiger partial charge >= 0.3 is 0 Å². The molecule has 3 nitrogen and oxygen atoms in total. The van der Waals surface area contributed by atoms with E-state index in [2.05, 4.69) is 29.4 Å². The van der Waals surface area contributed by atoms with Gasteiger partial charge in [0, 0.05) is 22.2 Å². The summed E-state index contributed by atoms with van der Waals surface area (Å²) in [7, 11) is 0. The molecule has 1 aliphatic rings. The van der Waals surface area contributed by atoms with Gasteiger partial charge < -0.3 is 10.4 Å². The van der Waals surface area contributed by atoms with Crippen LogP contribution in [0.2, 0.25) is 0 Å². The average Bonchev–Trinajstić information content (AvgIpc) is 3.00. The highest BCUT2D eigenvalue weighted by Crippen LogP contribution is 2.41. The van der Waals surface area contributed by atoms with Gasteiger partial charge in [0.2, 0.25) is 0 Å². The van der Waals surface area contributed by atoms with Crippen LogP contribution in [-0.2, 0) is 6.42 Å². The maximum Gasteiger partial charge on any atom is 0.139 e. The quantitative estimate of drug-likeness (QED) is 0.677. The Balaban J connectivity index is 1.95. The molecule has 22 heavy (non-hydrogen) atoms. The molecular formula is C18H16N2OS. The fourth-order valence-electron chi connectivity index (χ4n) is 2.95. The molecule has 4 heteroatoms. The highest BCUT2D eigenvalue weighted by Gasteiger charge is 2.19. The van der Waals surface area contributed by atoms with Crippen LogP contribution in [-0.4, -0.2) is 15.8 Å². The molecule has 1 aromatic heterocycles. The van der Waals surface area contributed by atoms with E-state index in [9.17, 15) is 5.11 Å². The Morgan fingerprint density at radius 1 is 1.18 bits per heavy atom. The number of pyridine rings is 1. The normalized spacial score (nSPS) is 13.3. The molecule has 0 fully saturated rings. The van der Waals surface area contributed by atoms with Gasteiger partial charge in [-0.1, -0.05) is 12.1 Å². The summed E-state index contributed by atoms with van der Waals surface area (Å²) >= 11 is 1.90. The molecule has 2 N–H and O–H groups in total. The number of aromatic nitrogens is 1. The van der Waals surface area contributed by atoms with E-state index >= 15 is 0 Å². The minimum absolute atomic E-state index is 0.258. The predicted molar refractivity (Wildman–Crippen MR) is 92.3 cm³/mol. The number of hydrogen-bond acceptors (Lipinski definition) is 4. The van der Waals surface area contributed by atoms with Crippen LogP contribution in [0.15, 0.2) is 47.5 Å². The number of aryl methyl sites for hydroxylation is 2. The second kappa shape index (κ2) is 5.21. The van der Waals surface area contributed by atoms with Gasteiger partial charge in [0.25, 0.3) is 0 Å². The van der Waals surface area contributed by atoms with Crippen LogP contribution in [0.5, 0.6) is 5.75 Å². The first-order valence-electron chi connectivity index (χ1n) is 7.33. The van der Waals surface area contributed by atoms with E-state index in [1.54, 1.807) is 6.07 Å². The van der Waals surface area contributed by atoms with Crippen LogP contribution < -0.4 is 5.32 Å². The number of nitrogens with one attached hydrogen (secondary N) is 1. The zero-order valence-corrected chi connectivity index (χ0v) is 13.1. The van der Waals surface area contributed by atoms with Crippen molar-refractivity contribution in [3.8, 4) is 5.75 Å². The fraction of sp³-hybridized carbons (Fsp3) is 0.167. The second-order valence-electron chi connectivity index (χ2n) is 5.49. The van der Waals surface area contributed by atoms with Crippen LogP contribution in [0, 0.1) is 6.92 Å². The van der Waals surface area contributed by atoms with Gasteiger partial charge in [0.1, 0.15) is 5.75 Å². The van der Waals surface area contributed by atoms with Crippen LogP contribution >= 0.6 is 11.8 Å². The van der Waals surface area contributed by atoms with Gasteiger partial charge in [-0.05, 0) is 48.7 Å². The van der Waals surface area contributed by atoms with Crippen LogP contribution in [0.1, 0.15) is 11.1 Å². The summed E-state index contributed by atoms with van der Waals surface area (Å²) < 4.78 is 0. The third kappa shape index (κ3) is 2.11. The Labute approximate surface area is 133 Å². The Bertz CT molecular complexity index is 876. The number of thioether (sulfide) groups is 1. The Morgan fingerprint density at radius 3 is 2.91 bits per heavy atom. The molecule has 0 aliphatic carbocycles. The summed E-state index contributed by atoms with van der Waals surface area (Å²) in [6, 6.07) is 11.6. The first-order chi connectivity index (χ1) is 10.7. The Hall–Kier alpha value is -2.20. The number of rotatable bonds is 2. The van der Waals surface area contributed by atoms with Gasteiger partial charge in [0.15, 0.2) is 0 Å². The van der Waals surface area contributed by atoms with Gasteiger partial charge in [0.05, 0.1) is 16.9 Å². The van der Waals surface area contributed by atoms with Crippen LogP contribution in [0.25, 0.3) is 10.9 Å². The van der Waals surface area contributed by atoms with Crippen LogP contribution in [0.4, 0.5) is 11.4 Å². The predicted octanol–water partition coefficient (Wildman–Crippen LogP) is 4.64. The van der Waals surface area contributed by atoms with Gasteiger partial charge in [-0.15, -0.1) is 11.8 Å². The molecule has 110 valence electrons. The summed E-state index contributed by atoms with van der Waals surface area (Å²) in [5, 5.41) is 14.6. The maximum absolute atomic E-state index is 10.0. The van der Waals surface area contributed by atoms with E-state index < -0.39 is 0 Å². The van der Waals surface area contributed by atoms with Crippen molar-refractivity contribution in [2.45, 2.75) is 18.2 Å². The molecule has 0 bridgehead atoms. The molecule has 0 saturated carbocycles. The molecule has 2 heterocycles. The lowest BCUT2D eigenvalue weighted by atomic mass is 10.0. The third-order valence-corrected chi connectivity index (χ3v) is 5.16. The van der Waals surface area contributed by atoms with E-state index in [1.807, 2.05) is 36.2 Å². The number of fused-ring (bicyclic) bond motifs is 3. The topological polar surface area (TPSA) is 45.2 Å². The SMILES string of the molecule is Cc1cnc2ccc3c(c2c1Nc1ccccc1O)CCS3. The molecule has 1 aliphatic heterocycles. The highest BCUT2D eigenvalue weighted by molar-refractivity contribution is 7.99. The average molecular weight is 308 g/mol. The van der Waals surface area contributed by atoms with Crippen molar-refractivity contribution < 1.29 is 5.11 Å². The number of nitrogens with zero attached hydrogens (tertiary/aromatic N) is 1. The summed E-state index contributed by atoms with van der Waals surface area (Å²) in [6.45, 7) is 2.05. The number of phenols is 1. The van der Waals surface area contributed by atoms with Gasteiger partial charge in [-0.25, -0.2) is 0 Å². The second-order valence-corrected chi connectivity index (χ2v) is 6.63. The molecule has 4 rings (SSSR count). The van der Waals surface area contributed by atoms with Gasteiger partial charge in [-0.3, -0.25) is 4.98 Å². The summed E-state index contributed by atoms with van der Waals surface area (Å²) in [5.74, 6) is 1.38. The number of aromatic hydroxyl groups is 1. The van der Waals surface area contributed by atoms with Crippen molar-refractivity contribution in [3.05, 3.63) is 53.7 Å². The lowest BCUT2D eigenvalue weighted by Gasteiger charge is -2.16. The molecule has 0 saturated heterocycles. The van der Waals surface area contributed by atoms with Crippen molar-refractivity contribution in [3.63, 3.8) is 0 Å². The van der Waals surface area contributed by atoms with E-state index in [-0.39, 0.29) is 5.75 Å². The first-order valence-corrected chi connectivity index (χ1v) is 8.31. The van der Waals surface area contributed by atoms with Crippen molar-refractivity contribution in [2.75, 3.05) is 11.1 Å². The minimum atomic E-state index is 0.258. The lowest BCUT2D eigenvalue weighted by Crippen LogP contribution is -1.99. The van der Waals surface area contributed by atoms with Crippen molar-refractivity contribution in [2.24, 2.45) is 0 Å². The maximum atomic E-state index is 10.0. The Morgan fingerprint density at radius 2 is 2.05 bits per heavy atom. The molecule has 0 radical (unpaired) electrons. The van der Waals surface area contributed by atoms with E-state index in [1.165, 1.54) is 15.8 Å². The smallest absolute Gasteiger partial charge is 0.139 e. The zero-order valence-electron chi connectivity index (χ0n) is 12.3. The molecule has 3 aromatic rings. The molecule has 0 spiro atoms. The molecule has 0 unspecified atom stereocenters. The van der Waals surface area contributed by atoms with Crippen molar-refractivity contribution >= 4 is 34.0 Å². The molecular weight excluding hydrogens is 292 g/mol. The number of anilines is 2. The van der Waals surface area contributed by atoms with E-state index in [0.29, 0.717) is 0 Å². The van der Waals surface area contributed by atoms with E-state index in [0.717, 1.165) is 34.6 Å². The number of benzene rings is 2. The summed E-state index contributed by atoms with van der Waals surface area (Å²) in [5.41, 5.74) is 5.23. The van der Waals surface area contributed by atoms with Crippen molar-refractivity contribution in [1.82, 2.24) is 4.98 Å². The third-order valence-electron chi connectivity index (χ3n) is 4.06. The van der Waals surface area contributed by atoms with Crippen LogP contribution in [0.3, 0.4) is 0 Å². The first kappa shape index (κ1) is 13.5. The highest BCUT2D eigenvalue weighted by atomic mass is 32.2. The molecule has 0 amide bonds. The minimum Gasteiger partial charge on any atom is -0.506 e. The van der Waals surface area contributed by atoms with E-state index in [4.69, 9.17) is 0 Å². The monoisotopic (exact) mass is 308 g/mol. The molecule has 2 aromatic carbocycles. The van der Waals surface area contributed by atoms with Crippen molar-refractivity contribution in [1.29, 1.82) is 0 Å².